The van der Waals surface area contributed by atoms with Crippen LogP contribution in [0.15, 0.2) is 60.7 Å². The van der Waals surface area contributed by atoms with Gasteiger partial charge in [0.05, 0.1) is 24.7 Å². The van der Waals surface area contributed by atoms with Crippen LogP contribution in [0, 0.1) is 11.8 Å². The van der Waals surface area contributed by atoms with Gasteiger partial charge in [0, 0.05) is 20.2 Å². The first kappa shape index (κ1) is 23.8. The summed E-state index contributed by atoms with van der Waals surface area (Å²) in [6, 6.07) is 21.2. The fourth-order valence-electron chi connectivity index (χ4n) is 6.13. The maximum absolute atomic E-state index is 13.4. The zero-order valence-electron chi connectivity index (χ0n) is 20.6. The summed E-state index contributed by atoms with van der Waals surface area (Å²) in [4.78, 5) is 18.0. The average molecular weight is 451 g/mol. The van der Waals surface area contributed by atoms with E-state index in [1.54, 1.807) is 7.11 Å². The molecule has 178 valence electrons. The highest BCUT2D eigenvalue weighted by Crippen LogP contribution is 2.46. The number of hydrogen-bond acceptors (Lipinski definition) is 4. The molecular formula is C28H38N2O3. The van der Waals surface area contributed by atoms with Gasteiger partial charge < -0.3 is 9.47 Å². The minimum Gasteiger partial charge on any atom is -0.440 e. The van der Waals surface area contributed by atoms with Crippen LogP contribution in [0.4, 0.5) is 4.79 Å². The first-order valence-corrected chi connectivity index (χ1v) is 12.2. The Balaban J connectivity index is 1.75. The summed E-state index contributed by atoms with van der Waals surface area (Å²) >= 11 is 0. The largest absolute Gasteiger partial charge is 0.440 e. The van der Waals surface area contributed by atoms with E-state index in [0.717, 1.165) is 19.5 Å². The van der Waals surface area contributed by atoms with Gasteiger partial charge in [0.2, 0.25) is 0 Å². The van der Waals surface area contributed by atoms with Gasteiger partial charge in [-0.15, -0.1) is 0 Å². The molecule has 2 aliphatic rings. The van der Waals surface area contributed by atoms with Gasteiger partial charge in [0.25, 0.3) is 0 Å². The SMILES string of the molecule is COC[C@@H](c1ccccc1)N1C[C@@H](Cc2ccccc2)N2C(=O)OC(C(C)C)(C(C)C)[C@@H]2C1. The molecule has 0 bridgehead atoms. The van der Waals surface area contributed by atoms with Crippen LogP contribution in [0.3, 0.4) is 0 Å². The number of carbonyl (C=O) groups excluding carboxylic acids is 1. The summed E-state index contributed by atoms with van der Waals surface area (Å²) in [6.45, 7) is 10.9. The van der Waals surface area contributed by atoms with Gasteiger partial charge in [-0.25, -0.2) is 4.79 Å². The molecule has 4 rings (SSSR count). The zero-order valence-corrected chi connectivity index (χ0v) is 20.6. The summed E-state index contributed by atoms with van der Waals surface area (Å²) in [6.07, 6.45) is 0.648. The van der Waals surface area contributed by atoms with Crippen LogP contribution >= 0.6 is 0 Å². The Morgan fingerprint density at radius 1 is 0.970 bits per heavy atom. The molecule has 2 heterocycles. The van der Waals surface area contributed by atoms with Gasteiger partial charge in [0.15, 0.2) is 0 Å². The Hall–Kier alpha value is -2.37. The smallest absolute Gasteiger partial charge is 0.411 e. The summed E-state index contributed by atoms with van der Waals surface area (Å²) in [5, 5.41) is 0. The van der Waals surface area contributed by atoms with E-state index in [4.69, 9.17) is 9.47 Å². The topological polar surface area (TPSA) is 42.0 Å². The maximum atomic E-state index is 13.4. The Kier molecular flexibility index (Phi) is 7.10. The van der Waals surface area contributed by atoms with Crippen molar-refractivity contribution in [2.45, 2.75) is 57.8 Å². The van der Waals surface area contributed by atoms with Gasteiger partial charge in [-0.1, -0.05) is 88.4 Å². The lowest BCUT2D eigenvalue weighted by Gasteiger charge is -2.50. The van der Waals surface area contributed by atoms with Crippen LogP contribution < -0.4 is 0 Å². The predicted molar refractivity (Wildman–Crippen MR) is 131 cm³/mol. The van der Waals surface area contributed by atoms with Crippen LogP contribution in [-0.2, 0) is 15.9 Å². The van der Waals surface area contributed by atoms with E-state index >= 15 is 0 Å². The molecule has 2 aromatic carbocycles. The number of nitrogens with zero attached hydrogens (tertiary/aromatic N) is 2. The minimum atomic E-state index is -0.515. The maximum Gasteiger partial charge on any atom is 0.411 e. The fourth-order valence-corrected chi connectivity index (χ4v) is 6.13. The standard InChI is InChI=1S/C28H38N2O3/c1-20(2)28(21(3)4)26-18-29(25(19-32-5)23-14-10-7-11-15-23)17-24(30(26)27(31)33-28)16-22-12-8-6-9-13-22/h6-15,20-21,24-26H,16-19H2,1-5H3/t24-,25+,26+/m1/s1. The quantitative estimate of drug-likeness (QED) is 0.556. The molecule has 5 nitrogen and oxygen atoms in total. The highest BCUT2D eigenvalue weighted by atomic mass is 16.6. The van der Waals surface area contributed by atoms with Gasteiger partial charge >= 0.3 is 6.09 Å². The fraction of sp³-hybridized carbons (Fsp3) is 0.536. The van der Waals surface area contributed by atoms with E-state index in [-0.39, 0.29) is 36.1 Å². The molecule has 3 atom stereocenters. The number of hydrogen-bond donors (Lipinski definition) is 0. The number of carbonyl (C=O) groups is 1. The van der Waals surface area contributed by atoms with Crippen molar-refractivity contribution in [3.8, 4) is 0 Å². The number of methoxy groups -OCH3 is 1. The van der Waals surface area contributed by atoms with Gasteiger partial charge in [-0.3, -0.25) is 9.80 Å². The van der Waals surface area contributed by atoms with Crippen molar-refractivity contribution in [2.75, 3.05) is 26.8 Å². The molecule has 2 aromatic rings. The first-order valence-electron chi connectivity index (χ1n) is 12.2. The molecule has 33 heavy (non-hydrogen) atoms. The van der Waals surface area contributed by atoms with Crippen molar-refractivity contribution in [1.29, 1.82) is 0 Å². The second kappa shape index (κ2) is 9.86. The number of ether oxygens (including phenoxy) is 2. The first-order chi connectivity index (χ1) is 15.9. The van der Waals surface area contributed by atoms with Crippen LogP contribution in [0.1, 0.15) is 44.9 Å². The van der Waals surface area contributed by atoms with E-state index in [0.29, 0.717) is 6.61 Å². The molecule has 0 spiro atoms. The van der Waals surface area contributed by atoms with Crippen molar-refractivity contribution < 1.29 is 14.3 Å². The lowest BCUT2D eigenvalue weighted by molar-refractivity contribution is -0.0734. The number of fused-ring (bicyclic) bond motifs is 1. The molecule has 1 amide bonds. The predicted octanol–water partition coefficient (Wildman–Crippen LogP) is 5.17. The van der Waals surface area contributed by atoms with Crippen molar-refractivity contribution in [3.63, 3.8) is 0 Å². The van der Waals surface area contributed by atoms with E-state index in [2.05, 4.69) is 92.1 Å². The van der Waals surface area contributed by atoms with E-state index in [9.17, 15) is 4.79 Å². The van der Waals surface area contributed by atoms with E-state index in [1.165, 1.54) is 11.1 Å². The molecule has 0 aromatic heterocycles. The third-order valence-corrected chi connectivity index (χ3v) is 7.65. The monoisotopic (exact) mass is 450 g/mol. The van der Waals surface area contributed by atoms with Crippen molar-refractivity contribution >= 4 is 6.09 Å². The van der Waals surface area contributed by atoms with Gasteiger partial charge in [0.1, 0.15) is 5.60 Å². The number of rotatable bonds is 8. The molecule has 2 aliphatic heterocycles. The molecule has 5 heteroatoms. The number of cyclic esters (lactones) is 1. The van der Waals surface area contributed by atoms with Crippen LogP contribution in [0.2, 0.25) is 0 Å². The minimum absolute atomic E-state index is 0.00414. The van der Waals surface area contributed by atoms with Crippen molar-refractivity contribution in [1.82, 2.24) is 9.80 Å². The second-order valence-electron chi connectivity index (χ2n) is 10.1. The van der Waals surface area contributed by atoms with Crippen LogP contribution in [0.25, 0.3) is 0 Å². The molecule has 2 fully saturated rings. The van der Waals surface area contributed by atoms with Crippen molar-refractivity contribution in [2.24, 2.45) is 11.8 Å². The second-order valence-corrected chi connectivity index (χ2v) is 10.1. The number of piperazine rings is 1. The summed E-state index contributed by atoms with van der Waals surface area (Å²) in [5.41, 5.74) is 1.97. The summed E-state index contributed by atoms with van der Waals surface area (Å²) in [7, 11) is 1.77. The Morgan fingerprint density at radius 2 is 1.58 bits per heavy atom. The average Bonchev–Trinajstić information content (AvgIpc) is 3.12. The third-order valence-electron chi connectivity index (χ3n) is 7.65. The lowest BCUT2D eigenvalue weighted by atomic mass is 9.73. The number of benzene rings is 2. The van der Waals surface area contributed by atoms with Crippen LogP contribution in [-0.4, -0.2) is 60.4 Å². The molecule has 0 aliphatic carbocycles. The molecule has 0 radical (unpaired) electrons. The molecule has 0 saturated carbocycles. The lowest BCUT2D eigenvalue weighted by Crippen LogP contribution is -2.65. The Morgan fingerprint density at radius 3 is 2.15 bits per heavy atom. The van der Waals surface area contributed by atoms with Crippen LogP contribution in [0.5, 0.6) is 0 Å². The summed E-state index contributed by atoms with van der Waals surface area (Å²) < 4.78 is 12.0. The van der Waals surface area contributed by atoms with E-state index < -0.39 is 5.60 Å². The van der Waals surface area contributed by atoms with Gasteiger partial charge in [-0.05, 0) is 29.4 Å². The molecular weight excluding hydrogens is 412 g/mol. The highest BCUT2D eigenvalue weighted by Gasteiger charge is 2.61. The molecule has 0 unspecified atom stereocenters. The Bertz CT molecular complexity index is 907. The molecule has 0 N–H and O–H groups in total. The Labute approximate surface area is 198 Å². The van der Waals surface area contributed by atoms with E-state index in [1.807, 2.05) is 6.07 Å². The third kappa shape index (κ3) is 4.41. The normalized spacial score (nSPS) is 23.6. The van der Waals surface area contributed by atoms with Crippen molar-refractivity contribution in [3.05, 3.63) is 71.8 Å². The zero-order chi connectivity index (χ0) is 23.6. The highest BCUT2D eigenvalue weighted by molar-refractivity contribution is 5.73. The van der Waals surface area contributed by atoms with Gasteiger partial charge in [-0.2, -0.15) is 0 Å². The summed E-state index contributed by atoms with van der Waals surface area (Å²) in [5.74, 6) is 0.428. The number of amides is 1. The molecule has 2 saturated heterocycles.